The standard InChI is InChI=1S/C33H46N4O6/c38-23-24-12-14-25(15-13-24)30-20-29(22-37-18-6-9-28(37)21-36-16-3-4-17-36)42-33(43-30)26-7-5-8-27(19-26)34-31(39)10-1-2-11-32(40)35-41/h5,7-8,12-15,19,28-30,33,38,41H,1-4,6,9-11,16-18,20-23H2,(H,34,39)(H,35,40)/t28-,29-,30+,33+/m0/s1. The Morgan fingerprint density at radius 3 is 2.40 bits per heavy atom. The molecule has 10 heteroatoms. The van der Waals surface area contributed by atoms with Crippen molar-refractivity contribution in [1.29, 1.82) is 0 Å². The predicted octanol–water partition coefficient (Wildman–Crippen LogP) is 4.29. The van der Waals surface area contributed by atoms with Crippen molar-refractivity contribution in [2.24, 2.45) is 0 Å². The second-order valence-corrected chi connectivity index (χ2v) is 12.1. The molecule has 3 saturated heterocycles. The zero-order chi connectivity index (χ0) is 30.0. The molecule has 4 atom stereocenters. The Labute approximate surface area is 254 Å². The van der Waals surface area contributed by atoms with E-state index in [4.69, 9.17) is 14.7 Å². The van der Waals surface area contributed by atoms with Crippen molar-refractivity contribution >= 4 is 17.5 Å². The van der Waals surface area contributed by atoms with Crippen molar-refractivity contribution in [2.75, 3.05) is 38.0 Å². The first kappa shape index (κ1) is 31.6. The molecule has 0 unspecified atom stereocenters. The number of aliphatic hydroxyl groups is 1. The van der Waals surface area contributed by atoms with E-state index in [1.54, 1.807) is 5.48 Å². The second-order valence-electron chi connectivity index (χ2n) is 12.1. The van der Waals surface area contributed by atoms with Crippen molar-refractivity contribution < 1.29 is 29.4 Å². The third kappa shape index (κ3) is 9.07. The first-order valence-electron chi connectivity index (χ1n) is 15.8. The molecule has 4 N–H and O–H groups in total. The Kier molecular flexibility index (Phi) is 11.6. The number of hydrogen-bond donors (Lipinski definition) is 4. The van der Waals surface area contributed by atoms with Gasteiger partial charge in [-0.05, 0) is 81.4 Å². The number of rotatable bonds is 13. The van der Waals surface area contributed by atoms with Crippen LogP contribution in [0.5, 0.6) is 0 Å². The molecule has 0 spiro atoms. The predicted molar refractivity (Wildman–Crippen MR) is 162 cm³/mol. The van der Waals surface area contributed by atoms with Crippen molar-refractivity contribution in [2.45, 2.75) is 88.9 Å². The number of anilines is 1. The molecule has 5 rings (SSSR count). The molecule has 0 radical (unpaired) electrons. The fourth-order valence-electron chi connectivity index (χ4n) is 6.51. The van der Waals surface area contributed by atoms with Gasteiger partial charge >= 0.3 is 0 Å². The van der Waals surface area contributed by atoms with Crippen molar-refractivity contribution in [1.82, 2.24) is 15.3 Å². The smallest absolute Gasteiger partial charge is 0.243 e. The Morgan fingerprint density at radius 1 is 0.884 bits per heavy atom. The highest BCUT2D eigenvalue weighted by Crippen LogP contribution is 2.39. The third-order valence-electron chi connectivity index (χ3n) is 8.84. The average molecular weight is 595 g/mol. The molecular formula is C33H46N4O6. The lowest BCUT2D eigenvalue weighted by Crippen LogP contribution is -2.45. The number of carbonyl (C=O) groups is 2. The van der Waals surface area contributed by atoms with Crippen molar-refractivity contribution in [3.8, 4) is 0 Å². The molecule has 3 fully saturated rings. The number of likely N-dealkylation sites (tertiary alicyclic amines) is 2. The number of ether oxygens (including phenoxy) is 2. The van der Waals surface area contributed by atoms with E-state index in [0.717, 1.165) is 42.7 Å². The first-order chi connectivity index (χ1) is 21.0. The summed E-state index contributed by atoms with van der Waals surface area (Å²) in [4.78, 5) is 29.0. The molecule has 0 aliphatic carbocycles. The van der Waals surface area contributed by atoms with Gasteiger partial charge in [0.15, 0.2) is 6.29 Å². The molecule has 3 aliphatic rings. The molecule has 0 bridgehead atoms. The lowest BCUT2D eigenvalue weighted by Gasteiger charge is -2.39. The number of benzene rings is 2. The fourth-order valence-corrected chi connectivity index (χ4v) is 6.51. The molecule has 234 valence electrons. The largest absolute Gasteiger partial charge is 0.392 e. The number of amides is 2. The van der Waals surface area contributed by atoms with E-state index >= 15 is 0 Å². The van der Waals surface area contributed by atoms with E-state index in [2.05, 4.69) is 15.1 Å². The Balaban J connectivity index is 1.25. The van der Waals surface area contributed by atoms with Gasteiger partial charge in [0, 0.05) is 49.6 Å². The van der Waals surface area contributed by atoms with Crippen LogP contribution in [0.2, 0.25) is 0 Å². The number of nitrogens with one attached hydrogen (secondary N) is 2. The van der Waals surface area contributed by atoms with Crippen LogP contribution in [0.25, 0.3) is 0 Å². The summed E-state index contributed by atoms with van der Waals surface area (Å²) in [5.41, 5.74) is 5.04. The van der Waals surface area contributed by atoms with Crippen molar-refractivity contribution in [3.05, 3.63) is 65.2 Å². The van der Waals surface area contributed by atoms with Gasteiger partial charge in [-0.1, -0.05) is 36.4 Å². The van der Waals surface area contributed by atoms with Gasteiger partial charge in [0.25, 0.3) is 0 Å². The topological polar surface area (TPSA) is 124 Å². The Hall–Kier alpha value is -2.86. The molecule has 3 aliphatic heterocycles. The number of carbonyl (C=O) groups excluding carboxylic acids is 2. The zero-order valence-electron chi connectivity index (χ0n) is 25.0. The minimum absolute atomic E-state index is 0.00400. The van der Waals surface area contributed by atoms with E-state index in [0.29, 0.717) is 24.6 Å². The van der Waals surface area contributed by atoms with Crippen LogP contribution in [-0.2, 0) is 25.7 Å². The number of aliphatic hydroxyl groups excluding tert-OH is 1. The Bertz CT molecular complexity index is 1190. The van der Waals surface area contributed by atoms with Crippen LogP contribution < -0.4 is 10.8 Å². The van der Waals surface area contributed by atoms with Crippen molar-refractivity contribution in [3.63, 3.8) is 0 Å². The molecule has 3 heterocycles. The van der Waals surface area contributed by atoms with Gasteiger partial charge < -0.3 is 24.8 Å². The summed E-state index contributed by atoms with van der Waals surface area (Å²) in [7, 11) is 0. The lowest BCUT2D eigenvalue weighted by molar-refractivity contribution is -0.253. The molecule has 43 heavy (non-hydrogen) atoms. The molecule has 2 amide bonds. The van der Waals surface area contributed by atoms with E-state index in [1.807, 2.05) is 48.5 Å². The summed E-state index contributed by atoms with van der Waals surface area (Å²) in [6, 6.07) is 16.1. The number of nitrogens with zero attached hydrogens (tertiary/aromatic N) is 2. The molecule has 2 aromatic rings. The van der Waals surface area contributed by atoms with Gasteiger partial charge in [0.1, 0.15) is 0 Å². The second kappa shape index (κ2) is 15.7. The van der Waals surface area contributed by atoms with Crippen LogP contribution in [0, 0.1) is 0 Å². The summed E-state index contributed by atoms with van der Waals surface area (Å²) in [5.74, 6) is -0.585. The van der Waals surface area contributed by atoms with Gasteiger partial charge in [-0.15, -0.1) is 0 Å². The van der Waals surface area contributed by atoms with Crippen LogP contribution in [0.3, 0.4) is 0 Å². The highest BCUT2D eigenvalue weighted by Gasteiger charge is 2.36. The third-order valence-corrected chi connectivity index (χ3v) is 8.84. The van der Waals surface area contributed by atoms with Gasteiger partial charge in [-0.2, -0.15) is 0 Å². The number of unbranched alkanes of at least 4 members (excludes halogenated alkanes) is 1. The lowest BCUT2D eigenvalue weighted by atomic mass is 9.99. The summed E-state index contributed by atoms with van der Waals surface area (Å²) in [5, 5.41) is 21.1. The van der Waals surface area contributed by atoms with Gasteiger partial charge in [-0.3, -0.25) is 19.7 Å². The van der Waals surface area contributed by atoms with E-state index in [1.165, 1.54) is 38.8 Å². The summed E-state index contributed by atoms with van der Waals surface area (Å²) < 4.78 is 13.2. The summed E-state index contributed by atoms with van der Waals surface area (Å²) in [6.07, 6.45) is 6.54. The maximum atomic E-state index is 12.6. The molecule has 0 saturated carbocycles. The highest BCUT2D eigenvalue weighted by atomic mass is 16.7. The Morgan fingerprint density at radius 2 is 1.65 bits per heavy atom. The monoisotopic (exact) mass is 594 g/mol. The molecular weight excluding hydrogens is 548 g/mol. The quantitative estimate of drug-likeness (QED) is 0.154. The maximum absolute atomic E-state index is 12.6. The minimum Gasteiger partial charge on any atom is -0.392 e. The van der Waals surface area contributed by atoms with Crippen LogP contribution in [0.15, 0.2) is 48.5 Å². The number of hydrogen-bond acceptors (Lipinski definition) is 8. The maximum Gasteiger partial charge on any atom is 0.243 e. The van der Waals surface area contributed by atoms with Crippen LogP contribution >= 0.6 is 0 Å². The molecule has 0 aromatic heterocycles. The normalized spacial score (nSPS) is 24.7. The highest BCUT2D eigenvalue weighted by molar-refractivity contribution is 5.90. The van der Waals surface area contributed by atoms with Gasteiger partial charge in [0.05, 0.1) is 18.8 Å². The minimum atomic E-state index is -0.588. The van der Waals surface area contributed by atoms with E-state index in [-0.39, 0.29) is 37.6 Å². The number of hydroxylamine groups is 1. The SMILES string of the molecule is O=C(CCCCC(=O)Nc1cccc([C@@H]2O[C@H](CN3CCC[C@H]3CN3CCCC3)C[C@H](c3ccc(CO)cc3)O2)c1)NO. The zero-order valence-corrected chi connectivity index (χ0v) is 25.0. The summed E-state index contributed by atoms with van der Waals surface area (Å²) in [6.45, 7) is 5.50. The molecule has 10 nitrogen and oxygen atoms in total. The fraction of sp³-hybridized carbons (Fsp3) is 0.576. The van der Waals surface area contributed by atoms with Gasteiger partial charge in [0.2, 0.25) is 11.8 Å². The van der Waals surface area contributed by atoms with Crippen LogP contribution in [0.4, 0.5) is 5.69 Å². The van der Waals surface area contributed by atoms with Gasteiger partial charge in [-0.25, -0.2) is 5.48 Å². The van der Waals surface area contributed by atoms with E-state index < -0.39 is 12.2 Å². The van der Waals surface area contributed by atoms with Crippen LogP contribution in [0.1, 0.15) is 86.9 Å². The molecule has 2 aromatic carbocycles. The first-order valence-corrected chi connectivity index (χ1v) is 15.8. The summed E-state index contributed by atoms with van der Waals surface area (Å²) >= 11 is 0. The van der Waals surface area contributed by atoms with Crippen LogP contribution in [-0.4, -0.2) is 76.8 Å². The van der Waals surface area contributed by atoms with E-state index in [9.17, 15) is 14.7 Å². The average Bonchev–Trinajstić information content (AvgIpc) is 3.71.